The number of amides is 4. The van der Waals surface area contributed by atoms with Gasteiger partial charge in [-0.2, -0.15) is 0 Å². The molecule has 13 heteroatoms. The second-order valence-electron chi connectivity index (χ2n) is 13.3. The normalized spacial score (nSPS) is 15.5. The Labute approximate surface area is 291 Å². The molecule has 0 aliphatic carbocycles. The van der Waals surface area contributed by atoms with Crippen molar-refractivity contribution in [2.75, 3.05) is 36.2 Å². The van der Waals surface area contributed by atoms with Gasteiger partial charge in [0.25, 0.3) is 17.7 Å². The Hall–Kier alpha value is -5.40. The Morgan fingerprint density at radius 1 is 0.980 bits per heavy atom. The average molecular weight is 681 g/mol. The van der Waals surface area contributed by atoms with Gasteiger partial charge in [-0.1, -0.05) is 39.0 Å². The molecule has 5 rings (SSSR count). The summed E-state index contributed by atoms with van der Waals surface area (Å²) in [5, 5.41) is 15.7. The minimum absolute atomic E-state index is 0.200. The van der Waals surface area contributed by atoms with E-state index in [4.69, 9.17) is 4.74 Å². The van der Waals surface area contributed by atoms with Crippen LogP contribution < -0.4 is 36.2 Å². The van der Waals surface area contributed by atoms with Gasteiger partial charge in [0.2, 0.25) is 5.91 Å². The number of ether oxygens (including phenoxy) is 1. The lowest BCUT2D eigenvalue weighted by Crippen LogP contribution is -2.60. The van der Waals surface area contributed by atoms with Gasteiger partial charge in [-0.15, -0.1) is 0 Å². The molecular formula is C37H44N8O5. The van der Waals surface area contributed by atoms with Crippen molar-refractivity contribution in [3.8, 4) is 5.75 Å². The van der Waals surface area contributed by atoms with E-state index in [0.717, 1.165) is 11.3 Å². The first-order chi connectivity index (χ1) is 23.9. The summed E-state index contributed by atoms with van der Waals surface area (Å²) in [4.78, 5) is 64.6. The summed E-state index contributed by atoms with van der Waals surface area (Å²) >= 11 is 0. The van der Waals surface area contributed by atoms with Crippen LogP contribution in [0.3, 0.4) is 0 Å². The lowest BCUT2D eigenvalue weighted by atomic mass is 9.85. The number of aromatic nitrogens is 2. The SMILES string of the molecule is CN[C@@H](C)C(=O)N[C@H](C(=O)N(C(=O)[C@@H]1CCCN1)c1cc2c(Nc3ccc(NC(=O)c4ccccc4)cc3)ncnc2cc1OC)C(C)(C)C. The fourth-order valence-electron chi connectivity index (χ4n) is 5.65. The first-order valence-corrected chi connectivity index (χ1v) is 16.6. The zero-order chi connectivity index (χ0) is 36.0. The molecule has 3 aromatic carbocycles. The molecule has 0 saturated carbocycles. The Balaban J connectivity index is 1.52. The number of likely N-dealkylation sites (N-methyl/N-ethyl adjacent to an activating group) is 1. The second-order valence-corrected chi connectivity index (χ2v) is 13.3. The van der Waals surface area contributed by atoms with Crippen molar-refractivity contribution >= 4 is 57.4 Å². The smallest absolute Gasteiger partial charge is 0.257 e. The topological polar surface area (TPSA) is 167 Å². The Kier molecular flexibility index (Phi) is 11.1. The predicted octanol–water partition coefficient (Wildman–Crippen LogP) is 4.38. The highest BCUT2D eigenvalue weighted by Crippen LogP contribution is 2.38. The fraction of sp³-hybridized carbons (Fsp3) is 0.351. The number of imide groups is 1. The lowest BCUT2D eigenvalue weighted by Gasteiger charge is -2.36. The molecule has 1 aliphatic rings. The van der Waals surface area contributed by atoms with Crippen LogP contribution in [0.25, 0.3) is 10.9 Å². The van der Waals surface area contributed by atoms with Gasteiger partial charge in [-0.05, 0) is 81.2 Å². The molecule has 4 amide bonds. The van der Waals surface area contributed by atoms with E-state index in [-0.39, 0.29) is 23.3 Å². The number of benzene rings is 3. The molecule has 262 valence electrons. The van der Waals surface area contributed by atoms with Crippen LogP contribution in [0.5, 0.6) is 5.75 Å². The maximum absolute atomic E-state index is 14.6. The molecule has 0 unspecified atom stereocenters. The van der Waals surface area contributed by atoms with E-state index < -0.39 is 35.4 Å². The molecular weight excluding hydrogens is 636 g/mol. The predicted molar refractivity (Wildman–Crippen MR) is 194 cm³/mol. The van der Waals surface area contributed by atoms with Gasteiger partial charge >= 0.3 is 0 Å². The van der Waals surface area contributed by atoms with E-state index in [9.17, 15) is 19.2 Å². The Morgan fingerprint density at radius 3 is 2.30 bits per heavy atom. The van der Waals surface area contributed by atoms with Gasteiger partial charge in [0.15, 0.2) is 0 Å². The van der Waals surface area contributed by atoms with Crippen molar-refractivity contribution in [1.29, 1.82) is 0 Å². The van der Waals surface area contributed by atoms with Crippen molar-refractivity contribution in [2.24, 2.45) is 5.41 Å². The summed E-state index contributed by atoms with van der Waals surface area (Å²) in [5.74, 6) is -0.964. The van der Waals surface area contributed by atoms with Crippen LogP contribution in [0.2, 0.25) is 0 Å². The second kappa shape index (κ2) is 15.4. The van der Waals surface area contributed by atoms with Crippen molar-refractivity contribution in [3.63, 3.8) is 0 Å². The highest BCUT2D eigenvalue weighted by molar-refractivity contribution is 6.20. The van der Waals surface area contributed by atoms with Crippen molar-refractivity contribution in [3.05, 3.63) is 78.6 Å². The van der Waals surface area contributed by atoms with E-state index in [1.807, 2.05) is 26.8 Å². The standard InChI is InChI=1S/C37H44N8O5/c1-22(38-5)33(46)44-31(37(2,3)4)36(49)45(35(48)27-13-10-18-39-27)29-19-26-28(20-30(29)50-6)40-21-41-32(26)42-24-14-16-25(17-15-24)43-34(47)23-11-8-7-9-12-23/h7-9,11-12,14-17,19-22,27,31,38-39H,10,13,18H2,1-6H3,(H,43,47)(H,44,46)(H,40,41,42)/t22-,27-,31+/m0/s1. The molecule has 5 N–H and O–H groups in total. The van der Waals surface area contributed by atoms with Crippen molar-refractivity contribution in [1.82, 2.24) is 25.9 Å². The largest absolute Gasteiger partial charge is 0.494 e. The number of nitrogens with one attached hydrogen (secondary N) is 5. The maximum atomic E-state index is 14.6. The summed E-state index contributed by atoms with van der Waals surface area (Å²) in [5.41, 5.74) is 1.79. The molecule has 0 bridgehead atoms. The van der Waals surface area contributed by atoms with Gasteiger partial charge in [-0.25, -0.2) is 14.9 Å². The van der Waals surface area contributed by atoms with E-state index in [2.05, 4.69) is 36.6 Å². The number of carbonyl (C=O) groups excluding carboxylic acids is 4. The third-order valence-corrected chi connectivity index (χ3v) is 8.64. The fourth-order valence-corrected chi connectivity index (χ4v) is 5.65. The number of hydrogen-bond donors (Lipinski definition) is 5. The van der Waals surface area contributed by atoms with Gasteiger partial charge in [-0.3, -0.25) is 19.2 Å². The van der Waals surface area contributed by atoms with Gasteiger partial charge in [0.1, 0.15) is 23.9 Å². The van der Waals surface area contributed by atoms with Crippen LogP contribution >= 0.6 is 0 Å². The Morgan fingerprint density at radius 2 is 1.68 bits per heavy atom. The molecule has 1 aromatic heterocycles. The molecule has 1 saturated heterocycles. The van der Waals surface area contributed by atoms with E-state index in [1.165, 1.54) is 13.4 Å². The monoisotopic (exact) mass is 680 g/mol. The zero-order valence-electron chi connectivity index (χ0n) is 29.2. The molecule has 4 aromatic rings. The molecule has 3 atom stereocenters. The van der Waals surface area contributed by atoms with E-state index in [1.54, 1.807) is 74.6 Å². The molecule has 2 heterocycles. The third-order valence-electron chi connectivity index (χ3n) is 8.64. The first kappa shape index (κ1) is 35.9. The zero-order valence-corrected chi connectivity index (χ0v) is 29.2. The summed E-state index contributed by atoms with van der Waals surface area (Å²) in [6, 6.07) is 17.2. The van der Waals surface area contributed by atoms with Gasteiger partial charge in [0.05, 0.1) is 30.4 Å². The maximum Gasteiger partial charge on any atom is 0.257 e. The molecule has 13 nitrogen and oxygen atoms in total. The lowest BCUT2D eigenvalue weighted by molar-refractivity contribution is -0.134. The van der Waals surface area contributed by atoms with Crippen molar-refractivity contribution in [2.45, 2.75) is 58.7 Å². The minimum atomic E-state index is -1.05. The van der Waals surface area contributed by atoms with Crippen molar-refractivity contribution < 1.29 is 23.9 Å². The molecule has 0 spiro atoms. The number of methoxy groups -OCH3 is 1. The summed E-state index contributed by atoms with van der Waals surface area (Å²) in [6.07, 6.45) is 2.74. The van der Waals surface area contributed by atoms with E-state index >= 15 is 0 Å². The number of anilines is 4. The molecule has 1 fully saturated rings. The highest BCUT2D eigenvalue weighted by Gasteiger charge is 2.42. The van der Waals surface area contributed by atoms with Gasteiger partial charge in [0, 0.05) is 28.4 Å². The average Bonchev–Trinajstić information content (AvgIpc) is 3.66. The summed E-state index contributed by atoms with van der Waals surface area (Å²) in [6.45, 7) is 7.84. The van der Waals surface area contributed by atoms with Crippen LogP contribution in [0.4, 0.5) is 22.9 Å². The first-order valence-electron chi connectivity index (χ1n) is 16.6. The number of carbonyl (C=O) groups is 4. The van der Waals surface area contributed by atoms with Crippen LogP contribution in [-0.2, 0) is 14.4 Å². The number of rotatable bonds is 11. The van der Waals surface area contributed by atoms with E-state index in [0.29, 0.717) is 46.6 Å². The molecule has 50 heavy (non-hydrogen) atoms. The number of hydrogen-bond acceptors (Lipinski definition) is 10. The third kappa shape index (κ3) is 8.07. The van der Waals surface area contributed by atoms with Crippen LogP contribution in [0.1, 0.15) is 50.9 Å². The van der Waals surface area contributed by atoms with Crippen LogP contribution in [-0.4, -0.2) is 72.4 Å². The summed E-state index contributed by atoms with van der Waals surface area (Å²) < 4.78 is 5.76. The molecule has 1 aliphatic heterocycles. The van der Waals surface area contributed by atoms with Gasteiger partial charge < -0.3 is 31.3 Å². The van der Waals surface area contributed by atoms with Crippen LogP contribution in [0.15, 0.2) is 73.1 Å². The number of fused-ring (bicyclic) bond motifs is 1. The number of nitrogens with zero attached hydrogens (tertiary/aromatic N) is 3. The van der Waals surface area contributed by atoms with Crippen LogP contribution in [0, 0.1) is 5.41 Å². The summed E-state index contributed by atoms with van der Waals surface area (Å²) in [7, 11) is 3.12. The Bertz CT molecular complexity index is 1850. The highest BCUT2D eigenvalue weighted by atomic mass is 16.5. The minimum Gasteiger partial charge on any atom is -0.494 e. The molecule has 0 radical (unpaired) electrons. The quantitative estimate of drug-likeness (QED) is 0.153.